The van der Waals surface area contributed by atoms with Gasteiger partial charge in [0.25, 0.3) is 0 Å². The summed E-state index contributed by atoms with van der Waals surface area (Å²) in [5.41, 5.74) is 0. The fourth-order valence-corrected chi connectivity index (χ4v) is 1.76. The van der Waals surface area contributed by atoms with Crippen molar-refractivity contribution in [2.75, 3.05) is 0 Å². The predicted molar refractivity (Wildman–Crippen MR) is 45.0 cm³/mol. The Hall–Kier alpha value is -0.420. The second kappa shape index (κ2) is 2.78. The van der Waals surface area contributed by atoms with Crippen LogP contribution in [0.5, 0.6) is 0 Å². The van der Waals surface area contributed by atoms with Gasteiger partial charge in [-0.1, -0.05) is 12.2 Å². The maximum absolute atomic E-state index is 9.57. The molecule has 4 atom stereocenters. The van der Waals surface area contributed by atoms with E-state index >= 15 is 0 Å². The molecule has 1 saturated heterocycles. The number of ether oxygens (including phenoxy) is 2. The summed E-state index contributed by atoms with van der Waals surface area (Å²) >= 11 is 0. The molecule has 2 aliphatic rings. The smallest absolute Gasteiger partial charge is 0.164 e. The Morgan fingerprint density at radius 3 is 2.54 bits per heavy atom. The molecule has 74 valence electrons. The molecular weight excluding hydrogens is 172 g/mol. The summed E-state index contributed by atoms with van der Waals surface area (Å²) in [5, 5.41) is 18.9. The minimum atomic E-state index is -0.892. The monoisotopic (exact) mass is 186 g/mol. The van der Waals surface area contributed by atoms with Gasteiger partial charge in [-0.05, 0) is 13.8 Å². The van der Waals surface area contributed by atoms with Crippen molar-refractivity contribution >= 4 is 0 Å². The molecule has 0 aromatic rings. The van der Waals surface area contributed by atoms with Crippen LogP contribution in [0.4, 0.5) is 0 Å². The summed E-state index contributed by atoms with van der Waals surface area (Å²) in [6, 6.07) is 0. The molecule has 13 heavy (non-hydrogen) atoms. The molecule has 4 heteroatoms. The largest absolute Gasteiger partial charge is 0.387 e. The van der Waals surface area contributed by atoms with E-state index in [2.05, 4.69) is 0 Å². The molecule has 0 amide bonds. The van der Waals surface area contributed by atoms with Crippen LogP contribution in [-0.2, 0) is 9.47 Å². The quantitative estimate of drug-likeness (QED) is 0.514. The molecule has 0 saturated carbocycles. The Morgan fingerprint density at radius 1 is 1.15 bits per heavy atom. The van der Waals surface area contributed by atoms with Gasteiger partial charge in [0.15, 0.2) is 5.79 Å². The van der Waals surface area contributed by atoms with E-state index < -0.39 is 24.1 Å². The molecule has 0 aromatic heterocycles. The Balaban J connectivity index is 2.19. The van der Waals surface area contributed by atoms with Gasteiger partial charge in [-0.3, -0.25) is 0 Å². The molecule has 0 bridgehead atoms. The lowest BCUT2D eigenvalue weighted by Gasteiger charge is -2.27. The van der Waals surface area contributed by atoms with Crippen molar-refractivity contribution < 1.29 is 19.7 Å². The average Bonchev–Trinajstić information content (AvgIpc) is 2.34. The standard InChI is InChI=1S/C9H14O4/c1-9(2)12-6-4-3-5(10)7(11)8(6)13-9/h3-8,10-11H,1-2H3. The van der Waals surface area contributed by atoms with E-state index in [1.54, 1.807) is 19.9 Å². The first kappa shape index (κ1) is 9.15. The minimum Gasteiger partial charge on any atom is -0.387 e. The van der Waals surface area contributed by atoms with Crippen LogP contribution in [0.3, 0.4) is 0 Å². The summed E-state index contributed by atoms with van der Waals surface area (Å²) in [6.07, 6.45) is 0.840. The Morgan fingerprint density at radius 2 is 1.85 bits per heavy atom. The van der Waals surface area contributed by atoms with Gasteiger partial charge in [-0.2, -0.15) is 0 Å². The first-order valence-corrected chi connectivity index (χ1v) is 4.40. The van der Waals surface area contributed by atoms with Gasteiger partial charge in [0.1, 0.15) is 24.4 Å². The van der Waals surface area contributed by atoms with E-state index in [-0.39, 0.29) is 6.10 Å². The van der Waals surface area contributed by atoms with E-state index in [4.69, 9.17) is 9.47 Å². The van der Waals surface area contributed by atoms with Crippen LogP contribution in [0, 0.1) is 0 Å². The van der Waals surface area contributed by atoms with Gasteiger partial charge in [-0.15, -0.1) is 0 Å². The van der Waals surface area contributed by atoms with Crippen molar-refractivity contribution in [1.29, 1.82) is 0 Å². The molecular formula is C9H14O4. The van der Waals surface area contributed by atoms with Crippen molar-refractivity contribution in [1.82, 2.24) is 0 Å². The van der Waals surface area contributed by atoms with Crippen molar-refractivity contribution in [3.63, 3.8) is 0 Å². The van der Waals surface area contributed by atoms with Crippen molar-refractivity contribution in [2.45, 2.75) is 44.1 Å². The molecule has 1 aliphatic heterocycles. The van der Waals surface area contributed by atoms with Gasteiger partial charge >= 0.3 is 0 Å². The fourth-order valence-electron chi connectivity index (χ4n) is 1.76. The minimum absolute atomic E-state index is 0.242. The lowest BCUT2D eigenvalue weighted by molar-refractivity contribution is -0.158. The number of hydrogen-bond donors (Lipinski definition) is 2. The number of fused-ring (bicyclic) bond motifs is 1. The molecule has 1 heterocycles. The van der Waals surface area contributed by atoms with Crippen LogP contribution >= 0.6 is 0 Å². The lowest BCUT2D eigenvalue weighted by atomic mass is 9.97. The van der Waals surface area contributed by atoms with E-state index in [9.17, 15) is 10.2 Å². The summed E-state index contributed by atoms with van der Waals surface area (Å²) in [7, 11) is 0. The second-order valence-electron chi connectivity index (χ2n) is 3.93. The Bertz CT molecular complexity index is 236. The SMILES string of the molecule is CC1(C)OC2C=CC(O)C(O)C2O1. The van der Waals surface area contributed by atoms with E-state index in [0.29, 0.717) is 0 Å². The molecule has 2 N–H and O–H groups in total. The maximum atomic E-state index is 9.57. The zero-order valence-electron chi connectivity index (χ0n) is 7.68. The highest BCUT2D eigenvalue weighted by Gasteiger charge is 2.47. The first-order chi connectivity index (χ1) is 5.99. The van der Waals surface area contributed by atoms with Crippen LogP contribution in [0.15, 0.2) is 12.2 Å². The molecule has 0 radical (unpaired) electrons. The van der Waals surface area contributed by atoms with E-state index in [1.807, 2.05) is 0 Å². The first-order valence-electron chi connectivity index (χ1n) is 4.40. The van der Waals surface area contributed by atoms with E-state index in [1.165, 1.54) is 6.08 Å². The second-order valence-corrected chi connectivity index (χ2v) is 3.93. The molecule has 2 rings (SSSR count). The van der Waals surface area contributed by atoms with Gasteiger partial charge in [0.05, 0.1) is 0 Å². The topological polar surface area (TPSA) is 58.9 Å². The third kappa shape index (κ3) is 1.50. The third-order valence-corrected chi connectivity index (χ3v) is 2.35. The number of hydrogen-bond acceptors (Lipinski definition) is 4. The molecule has 0 aromatic carbocycles. The summed E-state index contributed by atoms with van der Waals surface area (Å²) < 4.78 is 10.9. The zero-order chi connectivity index (χ0) is 9.64. The molecule has 0 spiro atoms. The Labute approximate surface area is 76.8 Å². The van der Waals surface area contributed by atoms with Gasteiger partial charge in [0, 0.05) is 0 Å². The highest BCUT2D eigenvalue weighted by atomic mass is 16.8. The normalized spacial score (nSPS) is 47.7. The Kier molecular flexibility index (Phi) is 1.96. The molecule has 4 unspecified atom stereocenters. The zero-order valence-corrected chi connectivity index (χ0v) is 7.68. The van der Waals surface area contributed by atoms with Crippen LogP contribution in [-0.4, -0.2) is 40.4 Å². The summed E-state index contributed by atoms with van der Waals surface area (Å²) in [4.78, 5) is 0. The number of aliphatic hydroxyl groups excluding tert-OH is 2. The molecule has 4 nitrogen and oxygen atoms in total. The van der Waals surface area contributed by atoms with Gasteiger partial charge < -0.3 is 19.7 Å². The fraction of sp³-hybridized carbons (Fsp3) is 0.778. The average molecular weight is 186 g/mol. The predicted octanol–water partition coefficient (Wildman–Crippen LogP) is -0.202. The van der Waals surface area contributed by atoms with Crippen LogP contribution in [0.1, 0.15) is 13.8 Å². The summed E-state index contributed by atoms with van der Waals surface area (Å²) in [6.45, 7) is 3.58. The van der Waals surface area contributed by atoms with Crippen LogP contribution < -0.4 is 0 Å². The van der Waals surface area contributed by atoms with Crippen LogP contribution in [0.25, 0.3) is 0 Å². The van der Waals surface area contributed by atoms with Crippen molar-refractivity contribution in [3.05, 3.63) is 12.2 Å². The number of rotatable bonds is 0. The lowest BCUT2D eigenvalue weighted by Crippen LogP contribution is -2.44. The highest BCUT2D eigenvalue weighted by molar-refractivity contribution is 5.11. The molecule has 1 fully saturated rings. The maximum Gasteiger partial charge on any atom is 0.164 e. The van der Waals surface area contributed by atoms with Gasteiger partial charge in [0.2, 0.25) is 0 Å². The van der Waals surface area contributed by atoms with Gasteiger partial charge in [-0.25, -0.2) is 0 Å². The van der Waals surface area contributed by atoms with Crippen molar-refractivity contribution in [2.24, 2.45) is 0 Å². The van der Waals surface area contributed by atoms with E-state index in [0.717, 1.165) is 0 Å². The molecule has 1 aliphatic carbocycles. The van der Waals surface area contributed by atoms with Crippen LogP contribution in [0.2, 0.25) is 0 Å². The highest BCUT2D eigenvalue weighted by Crippen LogP contribution is 2.33. The number of aliphatic hydroxyl groups is 2. The third-order valence-electron chi connectivity index (χ3n) is 2.35. The van der Waals surface area contributed by atoms with Crippen molar-refractivity contribution in [3.8, 4) is 0 Å². The summed E-state index contributed by atoms with van der Waals surface area (Å²) in [5.74, 6) is -0.676.